The summed E-state index contributed by atoms with van der Waals surface area (Å²) < 4.78 is 0. The van der Waals surface area contributed by atoms with E-state index in [0.29, 0.717) is 0 Å². The minimum absolute atomic E-state index is 0.0258. The number of aromatic nitrogens is 1. The highest BCUT2D eigenvalue weighted by Gasteiger charge is 2.16. The van der Waals surface area contributed by atoms with Crippen LogP contribution < -0.4 is 5.56 Å². The average Bonchev–Trinajstić information content (AvgIpc) is 2.07. The van der Waals surface area contributed by atoms with Crippen LogP contribution in [-0.4, -0.2) is 21.0 Å². The number of aromatic amines is 1. The first-order valence-electron chi connectivity index (χ1n) is 3.58. The minimum atomic E-state index is -1.19. The van der Waals surface area contributed by atoms with E-state index in [1.54, 1.807) is 0 Å². The molecule has 0 saturated carbocycles. The molecule has 0 amide bonds. The lowest BCUT2D eigenvalue weighted by molar-refractivity contribution is -0.385. The number of pyridine rings is 1. The fourth-order valence-corrected chi connectivity index (χ4v) is 0.965. The zero-order chi connectivity index (χ0) is 10.7. The average molecular weight is 198 g/mol. The molecule has 0 aliphatic carbocycles. The van der Waals surface area contributed by atoms with Gasteiger partial charge in [-0.05, 0) is 0 Å². The van der Waals surface area contributed by atoms with Gasteiger partial charge in [0.25, 0.3) is 11.2 Å². The summed E-state index contributed by atoms with van der Waals surface area (Å²) in [5, 5.41) is 18.8. The first-order valence-corrected chi connectivity index (χ1v) is 3.58. The van der Waals surface area contributed by atoms with Crippen molar-refractivity contribution in [1.82, 2.24) is 4.98 Å². The minimum Gasteiger partial charge on any atom is -0.481 e. The maximum atomic E-state index is 10.7. The van der Waals surface area contributed by atoms with Crippen LogP contribution >= 0.6 is 0 Å². The van der Waals surface area contributed by atoms with Crippen molar-refractivity contribution in [2.75, 3.05) is 0 Å². The Hall–Kier alpha value is -2.18. The highest BCUT2D eigenvalue weighted by atomic mass is 16.6. The van der Waals surface area contributed by atoms with E-state index in [1.165, 1.54) is 0 Å². The number of nitrogens with zero attached hydrogens (tertiary/aromatic N) is 1. The van der Waals surface area contributed by atoms with Gasteiger partial charge in [0.1, 0.15) is 0 Å². The van der Waals surface area contributed by atoms with E-state index in [9.17, 15) is 19.7 Å². The lowest BCUT2D eigenvalue weighted by atomic mass is 10.2. The molecule has 0 aliphatic rings. The van der Waals surface area contributed by atoms with Crippen LogP contribution in [0.5, 0.6) is 0 Å². The lowest BCUT2D eigenvalue weighted by Gasteiger charge is -1.97. The Morgan fingerprint density at radius 1 is 1.64 bits per heavy atom. The van der Waals surface area contributed by atoms with Crippen LogP contribution in [0.25, 0.3) is 0 Å². The zero-order valence-corrected chi connectivity index (χ0v) is 6.89. The van der Waals surface area contributed by atoms with Gasteiger partial charge in [-0.2, -0.15) is 0 Å². The van der Waals surface area contributed by atoms with Gasteiger partial charge in [0, 0.05) is 6.20 Å². The van der Waals surface area contributed by atoms with Gasteiger partial charge in [0.05, 0.1) is 23.0 Å². The monoisotopic (exact) mass is 198 g/mol. The molecule has 0 aliphatic heterocycles. The van der Waals surface area contributed by atoms with Gasteiger partial charge in [-0.1, -0.05) is 0 Å². The third-order valence-corrected chi connectivity index (χ3v) is 1.52. The number of carboxylic acid groups (broad SMARTS) is 1. The highest BCUT2D eigenvalue weighted by Crippen LogP contribution is 2.14. The lowest BCUT2D eigenvalue weighted by Crippen LogP contribution is -2.10. The second kappa shape index (κ2) is 3.69. The quantitative estimate of drug-likeness (QED) is 0.520. The molecule has 0 radical (unpaired) electrons. The summed E-state index contributed by atoms with van der Waals surface area (Å²) in [6.45, 7) is 0. The number of hydrogen-bond acceptors (Lipinski definition) is 4. The SMILES string of the molecule is O=C(O)Cc1c[nH]c(=O)cc1[N+](=O)[O-]. The van der Waals surface area contributed by atoms with Crippen LogP contribution in [-0.2, 0) is 11.2 Å². The molecule has 2 N–H and O–H groups in total. The van der Waals surface area contributed by atoms with E-state index in [1.807, 2.05) is 0 Å². The van der Waals surface area contributed by atoms with Crippen LogP contribution in [0.2, 0.25) is 0 Å². The number of nitro groups is 1. The topological polar surface area (TPSA) is 113 Å². The second-order valence-electron chi connectivity index (χ2n) is 2.54. The van der Waals surface area contributed by atoms with E-state index >= 15 is 0 Å². The molecule has 7 nitrogen and oxygen atoms in total. The van der Waals surface area contributed by atoms with Crippen molar-refractivity contribution in [3.05, 3.63) is 38.3 Å². The van der Waals surface area contributed by atoms with Crippen LogP contribution in [0.1, 0.15) is 5.56 Å². The molecule has 0 spiro atoms. The number of aliphatic carboxylic acids is 1. The van der Waals surface area contributed by atoms with E-state index in [2.05, 4.69) is 4.98 Å². The molecule has 74 valence electrons. The van der Waals surface area contributed by atoms with Crippen molar-refractivity contribution in [3.63, 3.8) is 0 Å². The molecule has 0 aromatic carbocycles. The van der Waals surface area contributed by atoms with Gasteiger partial charge < -0.3 is 10.1 Å². The van der Waals surface area contributed by atoms with Crippen LogP contribution in [0, 0.1) is 10.1 Å². The molecule has 0 fully saturated rings. The molecule has 1 heterocycles. The van der Waals surface area contributed by atoms with Crippen molar-refractivity contribution in [1.29, 1.82) is 0 Å². The number of rotatable bonds is 3. The third-order valence-electron chi connectivity index (χ3n) is 1.52. The molecule has 0 atom stereocenters. The number of hydrogen-bond donors (Lipinski definition) is 2. The summed E-state index contributed by atoms with van der Waals surface area (Å²) in [4.78, 5) is 32.8. The molecule has 0 saturated heterocycles. The standard InChI is InChI=1S/C7H6N2O5/c10-6-2-5(9(13)14)4(3-8-6)1-7(11)12/h2-3H,1H2,(H,8,10)(H,11,12). The zero-order valence-electron chi connectivity index (χ0n) is 6.89. The Morgan fingerprint density at radius 2 is 2.29 bits per heavy atom. The molecule has 1 aromatic heterocycles. The number of carbonyl (C=O) groups is 1. The normalized spacial score (nSPS) is 9.71. The molecule has 0 bridgehead atoms. The Labute approximate surface area is 77.2 Å². The van der Waals surface area contributed by atoms with E-state index in [4.69, 9.17) is 5.11 Å². The summed E-state index contributed by atoms with van der Waals surface area (Å²) in [7, 11) is 0. The largest absolute Gasteiger partial charge is 0.481 e. The summed E-state index contributed by atoms with van der Waals surface area (Å²) in [5.41, 5.74) is -1.14. The summed E-state index contributed by atoms with van der Waals surface area (Å²) >= 11 is 0. The van der Waals surface area contributed by atoms with E-state index in [0.717, 1.165) is 12.3 Å². The van der Waals surface area contributed by atoms with Crippen LogP contribution in [0.4, 0.5) is 5.69 Å². The Kier molecular flexibility index (Phi) is 2.61. The van der Waals surface area contributed by atoms with Crippen molar-refractivity contribution < 1.29 is 14.8 Å². The molecule has 1 rings (SSSR count). The summed E-state index contributed by atoms with van der Waals surface area (Å²) in [5.74, 6) is -1.19. The van der Waals surface area contributed by atoms with Crippen molar-refractivity contribution in [3.8, 4) is 0 Å². The van der Waals surface area contributed by atoms with E-state index in [-0.39, 0.29) is 5.56 Å². The van der Waals surface area contributed by atoms with Gasteiger partial charge in [-0.3, -0.25) is 19.7 Å². The maximum Gasteiger partial charge on any atom is 0.308 e. The van der Waals surface area contributed by atoms with Crippen molar-refractivity contribution in [2.45, 2.75) is 6.42 Å². The first kappa shape index (κ1) is 9.90. The molecule has 14 heavy (non-hydrogen) atoms. The smallest absolute Gasteiger partial charge is 0.308 e. The number of H-pyrrole nitrogens is 1. The predicted octanol–water partition coefficient (Wildman–Crippen LogP) is -0.0898. The first-order chi connectivity index (χ1) is 6.50. The Morgan fingerprint density at radius 3 is 2.79 bits per heavy atom. The molecular formula is C7H6N2O5. The van der Waals surface area contributed by atoms with E-state index < -0.39 is 28.6 Å². The maximum absolute atomic E-state index is 10.7. The van der Waals surface area contributed by atoms with Gasteiger partial charge in [0.15, 0.2) is 0 Å². The molecule has 7 heteroatoms. The van der Waals surface area contributed by atoms with Gasteiger partial charge in [-0.15, -0.1) is 0 Å². The molecule has 1 aromatic rings. The fourth-order valence-electron chi connectivity index (χ4n) is 0.965. The fraction of sp³-hybridized carbons (Fsp3) is 0.143. The predicted molar refractivity (Wildman–Crippen MR) is 45.1 cm³/mol. The van der Waals surface area contributed by atoms with Gasteiger partial charge in [0.2, 0.25) is 0 Å². The van der Waals surface area contributed by atoms with Gasteiger partial charge in [-0.25, -0.2) is 0 Å². The van der Waals surface area contributed by atoms with Gasteiger partial charge >= 0.3 is 5.97 Å². The van der Waals surface area contributed by atoms with Crippen LogP contribution in [0.3, 0.4) is 0 Å². The second-order valence-corrected chi connectivity index (χ2v) is 2.54. The highest BCUT2D eigenvalue weighted by molar-refractivity contribution is 5.71. The molecule has 0 unspecified atom stereocenters. The number of nitrogens with one attached hydrogen (secondary N) is 1. The molecular weight excluding hydrogens is 192 g/mol. The van der Waals surface area contributed by atoms with Crippen molar-refractivity contribution in [2.24, 2.45) is 0 Å². The summed E-state index contributed by atoms with van der Waals surface area (Å²) in [6.07, 6.45) is 0.543. The number of carboxylic acids is 1. The third kappa shape index (κ3) is 2.16. The van der Waals surface area contributed by atoms with Crippen molar-refractivity contribution >= 4 is 11.7 Å². The van der Waals surface area contributed by atoms with Crippen LogP contribution in [0.15, 0.2) is 17.1 Å². The Balaban J connectivity index is 3.21. The Bertz CT molecular complexity index is 436. The summed E-state index contributed by atoms with van der Waals surface area (Å²) in [6, 6.07) is 0.762.